The van der Waals surface area contributed by atoms with Gasteiger partial charge in [0, 0.05) is 19.5 Å². The molecule has 1 N–H and O–H groups in total. The van der Waals surface area contributed by atoms with Crippen molar-refractivity contribution in [2.75, 3.05) is 26.2 Å². The molecule has 1 rings (SSSR count). The van der Waals surface area contributed by atoms with Crippen LogP contribution in [0.5, 0.6) is 0 Å². The molecule has 0 spiro atoms. The molecular weight excluding hydrogens is 236 g/mol. The molecule has 0 aromatic rings. The summed E-state index contributed by atoms with van der Waals surface area (Å²) >= 11 is 0. The van der Waals surface area contributed by atoms with Crippen molar-refractivity contribution in [3.63, 3.8) is 0 Å². The summed E-state index contributed by atoms with van der Waals surface area (Å²) in [7, 11) is 0. The summed E-state index contributed by atoms with van der Waals surface area (Å²) < 4.78 is 0. The highest BCUT2D eigenvalue weighted by atomic mass is 16.2. The highest BCUT2D eigenvalue weighted by Crippen LogP contribution is 2.34. The first-order chi connectivity index (χ1) is 8.84. The van der Waals surface area contributed by atoms with Crippen molar-refractivity contribution < 1.29 is 4.79 Å². The summed E-state index contributed by atoms with van der Waals surface area (Å²) in [6.07, 6.45) is 2.94. The molecule has 1 aliphatic rings. The van der Waals surface area contributed by atoms with Crippen molar-refractivity contribution >= 4 is 5.91 Å². The largest absolute Gasteiger partial charge is 0.342 e. The molecule has 0 aliphatic carbocycles. The van der Waals surface area contributed by atoms with Gasteiger partial charge in [0.1, 0.15) is 0 Å². The third-order valence-corrected chi connectivity index (χ3v) is 4.31. The summed E-state index contributed by atoms with van der Waals surface area (Å²) in [6, 6.07) is 0. The molecule has 0 saturated carbocycles. The Kier molecular flexibility index (Phi) is 6.31. The van der Waals surface area contributed by atoms with Gasteiger partial charge in [-0.05, 0) is 43.2 Å². The first kappa shape index (κ1) is 16.5. The highest BCUT2D eigenvalue weighted by molar-refractivity contribution is 5.76. The van der Waals surface area contributed by atoms with E-state index >= 15 is 0 Å². The normalized spacial score (nSPS) is 23.3. The van der Waals surface area contributed by atoms with Crippen LogP contribution in [0.3, 0.4) is 0 Å². The monoisotopic (exact) mass is 268 g/mol. The van der Waals surface area contributed by atoms with E-state index in [4.69, 9.17) is 0 Å². The fraction of sp³-hybridized carbons (Fsp3) is 0.938. The zero-order valence-electron chi connectivity index (χ0n) is 13.5. The minimum absolute atomic E-state index is 0.325. The fourth-order valence-electron chi connectivity index (χ4n) is 2.93. The first-order valence-electron chi connectivity index (χ1n) is 7.83. The first-order valence-corrected chi connectivity index (χ1v) is 7.83. The molecule has 19 heavy (non-hydrogen) atoms. The molecule has 0 aromatic carbocycles. The van der Waals surface area contributed by atoms with Crippen LogP contribution in [-0.2, 0) is 4.79 Å². The van der Waals surface area contributed by atoms with Crippen LogP contribution in [0, 0.1) is 17.3 Å². The van der Waals surface area contributed by atoms with Gasteiger partial charge in [-0.25, -0.2) is 0 Å². The van der Waals surface area contributed by atoms with Gasteiger partial charge in [-0.2, -0.15) is 0 Å². The number of rotatable bonds is 5. The second-order valence-electron chi connectivity index (χ2n) is 7.14. The van der Waals surface area contributed by atoms with Gasteiger partial charge < -0.3 is 10.2 Å². The van der Waals surface area contributed by atoms with Gasteiger partial charge >= 0.3 is 0 Å². The Hall–Kier alpha value is -0.570. The summed E-state index contributed by atoms with van der Waals surface area (Å²) in [5.74, 6) is 1.57. The number of nitrogens with one attached hydrogen (secondary N) is 1. The molecule has 1 fully saturated rings. The van der Waals surface area contributed by atoms with Crippen molar-refractivity contribution in [2.24, 2.45) is 17.3 Å². The van der Waals surface area contributed by atoms with Crippen molar-refractivity contribution in [3.05, 3.63) is 0 Å². The van der Waals surface area contributed by atoms with E-state index in [1.165, 1.54) is 0 Å². The highest BCUT2D eigenvalue weighted by Gasteiger charge is 2.30. The zero-order valence-corrected chi connectivity index (χ0v) is 13.5. The molecule has 3 nitrogen and oxygen atoms in total. The van der Waals surface area contributed by atoms with E-state index < -0.39 is 0 Å². The van der Waals surface area contributed by atoms with Crippen molar-refractivity contribution in [1.82, 2.24) is 10.2 Å². The van der Waals surface area contributed by atoms with Gasteiger partial charge in [0.2, 0.25) is 5.91 Å². The number of carbonyl (C=O) groups excluding carboxylic acids is 1. The molecule has 0 aromatic heterocycles. The SMILES string of the molecule is CCNCC(C)CN1CCC(C(C)(C)C)CCC1=O. The van der Waals surface area contributed by atoms with Gasteiger partial charge in [0.05, 0.1) is 0 Å². The third-order valence-electron chi connectivity index (χ3n) is 4.31. The number of nitrogens with zero attached hydrogens (tertiary/aromatic N) is 1. The maximum absolute atomic E-state index is 12.2. The molecule has 1 heterocycles. The third kappa shape index (κ3) is 5.52. The fourth-order valence-corrected chi connectivity index (χ4v) is 2.93. The van der Waals surface area contributed by atoms with Crippen LogP contribution < -0.4 is 5.32 Å². The summed E-state index contributed by atoms with van der Waals surface area (Å²) in [4.78, 5) is 14.3. The summed E-state index contributed by atoms with van der Waals surface area (Å²) in [6.45, 7) is 15.1. The molecule has 1 aliphatic heterocycles. The van der Waals surface area contributed by atoms with Crippen LogP contribution in [-0.4, -0.2) is 37.0 Å². The standard InChI is InChI=1S/C16H32N2O/c1-6-17-11-13(2)12-18-10-9-14(16(3,4)5)7-8-15(18)19/h13-14,17H,6-12H2,1-5H3. The summed E-state index contributed by atoms with van der Waals surface area (Å²) in [5, 5.41) is 3.36. The molecule has 2 unspecified atom stereocenters. The van der Waals surface area contributed by atoms with Crippen LogP contribution in [0.25, 0.3) is 0 Å². The van der Waals surface area contributed by atoms with Gasteiger partial charge in [-0.15, -0.1) is 0 Å². The van der Waals surface area contributed by atoms with Crippen molar-refractivity contribution in [1.29, 1.82) is 0 Å². The van der Waals surface area contributed by atoms with Crippen LogP contribution in [0.1, 0.15) is 53.9 Å². The second kappa shape index (κ2) is 7.28. The Morgan fingerprint density at radius 1 is 1.37 bits per heavy atom. The van der Waals surface area contributed by atoms with Crippen LogP contribution in [0.4, 0.5) is 0 Å². The van der Waals surface area contributed by atoms with Gasteiger partial charge in [-0.1, -0.05) is 34.6 Å². The van der Waals surface area contributed by atoms with Gasteiger partial charge in [0.15, 0.2) is 0 Å². The van der Waals surface area contributed by atoms with Crippen LogP contribution in [0.2, 0.25) is 0 Å². The molecule has 0 radical (unpaired) electrons. The Labute approximate surface area is 119 Å². The average molecular weight is 268 g/mol. The maximum atomic E-state index is 12.2. The molecular formula is C16H32N2O. The van der Waals surface area contributed by atoms with Crippen LogP contribution >= 0.6 is 0 Å². The summed E-state index contributed by atoms with van der Waals surface area (Å²) in [5.41, 5.74) is 0.325. The lowest BCUT2D eigenvalue weighted by molar-refractivity contribution is -0.131. The molecule has 112 valence electrons. The molecule has 1 saturated heterocycles. The maximum Gasteiger partial charge on any atom is 0.222 e. The van der Waals surface area contributed by atoms with Crippen LogP contribution in [0.15, 0.2) is 0 Å². The number of amides is 1. The lowest BCUT2D eigenvalue weighted by Crippen LogP contribution is -2.37. The molecule has 1 amide bonds. The van der Waals surface area contributed by atoms with E-state index in [1.807, 2.05) is 0 Å². The smallest absolute Gasteiger partial charge is 0.222 e. The van der Waals surface area contributed by atoms with E-state index in [0.29, 0.717) is 23.2 Å². The molecule has 0 bridgehead atoms. The topological polar surface area (TPSA) is 32.3 Å². The van der Waals surface area contributed by atoms with E-state index in [0.717, 1.165) is 45.4 Å². The number of carbonyl (C=O) groups is 1. The minimum atomic E-state index is 0.325. The number of hydrogen-bond acceptors (Lipinski definition) is 2. The van der Waals surface area contributed by atoms with E-state index in [2.05, 4.69) is 44.8 Å². The van der Waals surface area contributed by atoms with Gasteiger partial charge in [0.25, 0.3) is 0 Å². The number of likely N-dealkylation sites (tertiary alicyclic amines) is 1. The number of hydrogen-bond donors (Lipinski definition) is 1. The predicted molar refractivity (Wildman–Crippen MR) is 81.1 cm³/mol. The Morgan fingerprint density at radius 3 is 2.63 bits per heavy atom. The Morgan fingerprint density at radius 2 is 2.05 bits per heavy atom. The lowest BCUT2D eigenvalue weighted by Gasteiger charge is -2.30. The van der Waals surface area contributed by atoms with E-state index in [-0.39, 0.29) is 0 Å². The van der Waals surface area contributed by atoms with E-state index in [1.54, 1.807) is 0 Å². The minimum Gasteiger partial charge on any atom is -0.342 e. The molecule has 2 atom stereocenters. The Bertz CT molecular complexity index is 283. The van der Waals surface area contributed by atoms with Crippen molar-refractivity contribution in [2.45, 2.75) is 53.9 Å². The Balaban J connectivity index is 2.49. The lowest BCUT2D eigenvalue weighted by atomic mass is 9.77. The van der Waals surface area contributed by atoms with E-state index in [9.17, 15) is 4.79 Å². The quantitative estimate of drug-likeness (QED) is 0.831. The predicted octanol–water partition coefficient (Wildman–Crippen LogP) is 2.91. The average Bonchev–Trinajstić information content (AvgIpc) is 2.49. The van der Waals surface area contributed by atoms with Gasteiger partial charge in [-0.3, -0.25) is 4.79 Å². The zero-order chi connectivity index (χ0) is 14.5. The van der Waals surface area contributed by atoms with Crippen molar-refractivity contribution in [3.8, 4) is 0 Å². The second-order valence-corrected chi connectivity index (χ2v) is 7.14. The molecule has 3 heteroatoms.